The molecule has 166 valence electrons. The lowest BCUT2D eigenvalue weighted by Crippen LogP contribution is -2.54. The van der Waals surface area contributed by atoms with Crippen LogP contribution in [0.2, 0.25) is 0 Å². The molecule has 0 unspecified atom stereocenters. The largest absolute Gasteiger partial charge is 0.495 e. The maximum absolute atomic E-state index is 12.0. The second-order valence-corrected chi connectivity index (χ2v) is 8.75. The summed E-state index contributed by atoms with van der Waals surface area (Å²) in [6, 6.07) is 12.8. The summed E-state index contributed by atoms with van der Waals surface area (Å²) in [6.45, 7) is 0. The van der Waals surface area contributed by atoms with E-state index in [0.717, 1.165) is 5.56 Å². The quantitative estimate of drug-likeness (QED) is 0.161. The number of halogens is 3. The summed E-state index contributed by atoms with van der Waals surface area (Å²) in [7, 11) is 1.39. The van der Waals surface area contributed by atoms with Crippen LogP contribution >= 0.6 is 47.0 Å². The van der Waals surface area contributed by atoms with Gasteiger partial charge in [0.2, 0.25) is 3.79 Å². The molecule has 2 rings (SSSR count). The number of carbonyl (C=O) groups is 1. The van der Waals surface area contributed by atoms with Gasteiger partial charge in [-0.1, -0.05) is 65.1 Å². The molecule has 0 heterocycles. The van der Waals surface area contributed by atoms with Crippen molar-refractivity contribution in [2.75, 3.05) is 12.4 Å². The number of alkyl halides is 3. The first-order valence-corrected chi connectivity index (χ1v) is 10.1. The van der Waals surface area contributed by atoms with E-state index in [1.807, 2.05) is 6.07 Å². The number of hydrogen-bond donors (Lipinski definition) is 3. The molecule has 9 nitrogen and oxygen atoms in total. The number of thiocarbonyl (C=S) groups is 1. The van der Waals surface area contributed by atoms with E-state index in [1.165, 1.54) is 25.3 Å². The van der Waals surface area contributed by atoms with Gasteiger partial charge in [-0.05, 0) is 23.8 Å². The van der Waals surface area contributed by atoms with Crippen LogP contribution in [0.5, 0.6) is 5.75 Å². The molecule has 0 spiro atoms. The second-order valence-electron chi connectivity index (χ2n) is 5.97. The molecule has 13 heteroatoms. The topological polar surface area (TPSA) is 115 Å². The Labute approximate surface area is 198 Å². The number of non-ortho nitro benzene ring substituents is 1. The maximum atomic E-state index is 12.0. The van der Waals surface area contributed by atoms with E-state index >= 15 is 0 Å². The monoisotopic (exact) mass is 506 g/mol. The predicted molar refractivity (Wildman–Crippen MR) is 122 cm³/mol. The molecular formula is C18H17Cl3N4O5S. The molecule has 0 bridgehead atoms. The van der Waals surface area contributed by atoms with Gasteiger partial charge in [0.15, 0.2) is 11.3 Å². The predicted octanol–water partition coefficient (Wildman–Crippen LogP) is 3.88. The second kappa shape index (κ2) is 11.3. The molecule has 0 saturated carbocycles. The smallest absolute Gasteiger partial charge is 0.329 e. The molecule has 3 N–H and O–H groups in total. The van der Waals surface area contributed by atoms with Crippen LogP contribution in [0.25, 0.3) is 0 Å². The SMILES string of the molecule is COc1ccc([N+](=O)[O-])cc1NC(=S)N[C@H](NOC(=O)Cc1ccccc1)C(Cl)(Cl)Cl. The van der Waals surface area contributed by atoms with Crippen molar-refractivity contribution < 1.29 is 19.3 Å². The zero-order valence-corrected chi connectivity index (χ0v) is 19.0. The molecule has 0 aliphatic heterocycles. The van der Waals surface area contributed by atoms with Crippen molar-refractivity contribution in [2.45, 2.75) is 16.4 Å². The van der Waals surface area contributed by atoms with Crippen molar-refractivity contribution in [1.82, 2.24) is 10.8 Å². The van der Waals surface area contributed by atoms with Gasteiger partial charge in [-0.15, -0.1) is 5.48 Å². The average Bonchev–Trinajstić information content (AvgIpc) is 2.70. The molecule has 0 aliphatic carbocycles. The lowest BCUT2D eigenvalue weighted by Gasteiger charge is -2.27. The van der Waals surface area contributed by atoms with Crippen LogP contribution in [0.4, 0.5) is 11.4 Å². The number of hydrogen-bond acceptors (Lipinski definition) is 7. The van der Waals surface area contributed by atoms with Gasteiger partial charge in [-0.3, -0.25) is 14.9 Å². The molecule has 0 aliphatic rings. The summed E-state index contributed by atoms with van der Waals surface area (Å²) in [4.78, 5) is 27.4. The molecule has 2 aromatic carbocycles. The molecule has 2 aromatic rings. The molecule has 0 amide bonds. The van der Waals surface area contributed by atoms with Gasteiger partial charge in [-0.2, -0.15) is 0 Å². The number of methoxy groups -OCH3 is 1. The Balaban J connectivity index is 2.02. The molecule has 0 saturated heterocycles. The van der Waals surface area contributed by atoms with E-state index in [2.05, 4.69) is 16.1 Å². The number of ether oxygens (including phenoxy) is 1. The fourth-order valence-corrected chi connectivity index (χ4v) is 2.82. The fraction of sp³-hybridized carbons (Fsp3) is 0.222. The molecule has 1 atom stereocenters. The van der Waals surface area contributed by atoms with Crippen LogP contribution in [0.3, 0.4) is 0 Å². The minimum atomic E-state index is -1.98. The first-order chi connectivity index (χ1) is 14.6. The fourth-order valence-electron chi connectivity index (χ4n) is 2.30. The minimum Gasteiger partial charge on any atom is -0.495 e. The number of nitrogens with zero attached hydrogens (tertiary/aromatic N) is 1. The van der Waals surface area contributed by atoms with Crippen molar-refractivity contribution in [1.29, 1.82) is 0 Å². The average molecular weight is 508 g/mol. The van der Waals surface area contributed by atoms with E-state index in [4.69, 9.17) is 56.6 Å². The number of nitro benzene ring substituents is 1. The number of nitro groups is 1. The zero-order chi connectivity index (χ0) is 23.0. The highest BCUT2D eigenvalue weighted by molar-refractivity contribution is 7.80. The molecular weight excluding hydrogens is 491 g/mol. The summed E-state index contributed by atoms with van der Waals surface area (Å²) >= 11 is 23.0. The van der Waals surface area contributed by atoms with Gasteiger partial charge in [0.1, 0.15) is 5.75 Å². The summed E-state index contributed by atoms with van der Waals surface area (Å²) < 4.78 is 3.17. The van der Waals surface area contributed by atoms with Crippen molar-refractivity contribution in [3.63, 3.8) is 0 Å². The van der Waals surface area contributed by atoms with Gasteiger partial charge < -0.3 is 20.2 Å². The number of nitrogens with one attached hydrogen (secondary N) is 3. The van der Waals surface area contributed by atoms with Gasteiger partial charge in [0.25, 0.3) is 5.69 Å². The Bertz CT molecular complexity index is 944. The summed E-state index contributed by atoms with van der Waals surface area (Å²) in [5, 5.41) is 16.3. The summed E-state index contributed by atoms with van der Waals surface area (Å²) in [5.41, 5.74) is 3.09. The molecule has 0 radical (unpaired) electrons. The highest BCUT2D eigenvalue weighted by Gasteiger charge is 2.34. The van der Waals surface area contributed by atoms with E-state index in [0.29, 0.717) is 5.75 Å². The number of rotatable bonds is 8. The van der Waals surface area contributed by atoms with Crippen LogP contribution in [0, 0.1) is 10.1 Å². The number of anilines is 1. The molecule has 31 heavy (non-hydrogen) atoms. The van der Waals surface area contributed by atoms with Crippen molar-refractivity contribution in [2.24, 2.45) is 0 Å². The van der Waals surface area contributed by atoms with E-state index in [1.54, 1.807) is 24.3 Å². The third kappa shape index (κ3) is 8.00. The van der Waals surface area contributed by atoms with Crippen LogP contribution < -0.4 is 20.9 Å². The highest BCUT2D eigenvalue weighted by atomic mass is 35.6. The van der Waals surface area contributed by atoms with Crippen molar-refractivity contribution in [3.8, 4) is 5.75 Å². The molecule has 0 fully saturated rings. The number of benzene rings is 2. The van der Waals surface area contributed by atoms with E-state index in [-0.39, 0.29) is 22.9 Å². The van der Waals surface area contributed by atoms with Crippen LogP contribution in [-0.2, 0) is 16.1 Å². The van der Waals surface area contributed by atoms with Gasteiger partial charge >= 0.3 is 5.97 Å². The van der Waals surface area contributed by atoms with E-state index in [9.17, 15) is 14.9 Å². The lowest BCUT2D eigenvalue weighted by molar-refractivity contribution is -0.384. The van der Waals surface area contributed by atoms with Crippen LogP contribution in [0.15, 0.2) is 48.5 Å². The van der Waals surface area contributed by atoms with Gasteiger partial charge in [-0.25, -0.2) is 0 Å². The number of hydroxylamine groups is 1. The third-order valence-electron chi connectivity index (χ3n) is 3.73. The molecule has 0 aromatic heterocycles. The Morgan fingerprint density at radius 1 is 1.23 bits per heavy atom. The Hall–Kier alpha value is -2.37. The Kier molecular flexibility index (Phi) is 9.08. The normalized spacial score (nSPS) is 11.9. The standard InChI is InChI=1S/C18H17Cl3N4O5S/c1-29-14-8-7-12(25(27)28)10-13(14)22-17(31)23-16(18(19,20)21)24-30-15(26)9-11-5-3-2-4-6-11/h2-8,10,16,24H,9H2,1H3,(H2,22,23,31)/t16-/m1/s1. The summed E-state index contributed by atoms with van der Waals surface area (Å²) in [5.74, 6) is -0.325. The first kappa shape index (κ1) is 24.9. The first-order valence-electron chi connectivity index (χ1n) is 8.56. The lowest BCUT2D eigenvalue weighted by atomic mass is 10.2. The summed E-state index contributed by atoms with van der Waals surface area (Å²) in [6.07, 6.45) is -1.25. The van der Waals surface area contributed by atoms with Crippen LogP contribution in [-0.4, -0.2) is 33.1 Å². The highest BCUT2D eigenvalue weighted by Crippen LogP contribution is 2.31. The number of carbonyl (C=O) groups excluding carboxylic acids is 1. The Morgan fingerprint density at radius 2 is 1.90 bits per heavy atom. The van der Waals surface area contributed by atoms with Crippen LogP contribution in [0.1, 0.15) is 5.56 Å². The Morgan fingerprint density at radius 3 is 2.48 bits per heavy atom. The minimum absolute atomic E-state index is 0.00596. The van der Waals surface area contributed by atoms with E-state index < -0.39 is 20.9 Å². The third-order valence-corrected chi connectivity index (χ3v) is 4.60. The zero-order valence-electron chi connectivity index (χ0n) is 15.9. The van der Waals surface area contributed by atoms with Gasteiger partial charge in [0, 0.05) is 12.1 Å². The maximum Gasteiger partial charge on any atom is 0.329 e. The van der Waals surface area contributed by atoms with Crippen molar-refractivity contribution >= 4 is 69.5 Å². The van der Waals surface area contributed by atoms with Crippen molar-refractivity contribution in [3.05, 3.63) is 64.2 Å². The van der Waals surface area contributed by atoms with Gasteiger partial charge in [0.05, 0.1) is 24.1 Å².